The molecule has 1 unspecified atom stereocenters. The Morgan fingerprint density at radius 3 is 2.32 bits per heavy atom. The highest BCUT2D eigenvalue weighted by atomic mass is 16.5. The molecule has 3 aromatic rings. The maximum absolute atomic E-state index is 6.57. The van der Waals surface area contributed by atoms with Crippen LogP contribution in [0.2, 0.25) is 0 Å². The Morgan fingerprint density at radius 1 is 0.929 bits per heavy atom. The van der Waals surface area contributed by atoms with E-state index in [2.05, 4.69) is 0 Å². The van der Waals surface area contributed by atoms with Crippen LogP contribution in [0.4, 0.5) is 5.69 Å². The summed E-state index contributed by atoms with van der Waals surface area (Å²) < 4.78 is 21.8. The van der Waals surface area contributed by atoms with Crippen LogP contribution in [0.3, 0.4) is 0 Å². The molecule has 1 aromatic heterocycles. The molecule has 0 bridgehead atoms. The fourth-order valence-electron chi connectivity index (χ4n) is 3.27. The molecule has 0 saturated carbocycles. The average Bonchev–Trinajstić information content (AvgIpc) is 3.22. The van der Waals surface area contributed by atoms with Crippen molar-refractivity contribution in [3.8, 4) is 17.2 Å². The lowest BCUT2D eigenvalue weighted by Crippen LogP contribution is -2.44. The Kier molecular flexibility index (Phi) is 4.57. The van der Waals surface area contributed by atoms with Gasteiger partial charge in [0.25, 0.3) is 0 Å². The number of nitrogens with two attached hydrogens (primary N) is 1. The first-order chi connectivity index (χ1) is 13.7. The second-order valence-corrected chi connectivity index (χ2v) is 6.21. The predicted molar refractivity (Wildman–Crippen MR) is 105 cm³/mol. The van der Waals surface area contributed by atoms with E-state index in [0.29, 0.717) is 22.9 Å². The van der Waals surface area contributed by atoms with Crippen LogP contribution in [-0.2, 0) is 0 Å². The van der Waals surface area contributed by atoms with Gasteiger partial charge in [-0.2, -0.15) is 0 Å². The van der Waals surface area contributed by atoms with Crippen molar-refractivity contribution < 1.29 is 18.6 Å². The Hall–Kier alpha value is -3.61. The first kappa shape index (κ1) is 17.8. The van der Waals surface area contributed by atoms with E-state index in [-0.39, 0.29) is 0 Å². The molecule has 2 aromatic carbocycles. The molecule has 4 rings (SSSR count). The minimum Gasteiger partial charge on any atom is -0.497 e. The van der Waals surface area contributed by atoms with Gasteiger partial charge in [0.1, 0.15) is 23.1 Å². The topological polar surface area (TPSA) is 82.5 Å². The lowest BCUT2D eigenvalue weighted by molar-refractivity contribution is 0.402. The number of fused-ring (bicyclic) bond motifs is 1. The first-order valence-corrected chi connectivity index (χ1v) is 8.72. The van der Waals surface area contributed by atoms with E-state index in [4.69, 9.17) is 29.4 Å². The molecule has 0 amide bonds. The molecule has 0 fully saturated rings. The summed E-state index contributed by atoms with van der Waals surface area (Å²) in [7, 11) is 4.87. The summed E-state index contributed by atoms with van der Waals surface area (Å²) in [5.74, 6) is 2.63. The van der Waals surface area contributed by atoms with Crippen LogP contribution in [0.15, 0.2) is 64.2 Å². The number of methoxy groups -OCH3 is 3. The zero-order valence-corrected chi connectivity index (χ0v) is 15.9. The summed E-state index contributed by atoms with van der Waals surface area (Å²) in [6, 6.07) is 15.0. The van der Waals surface area contributed by atoms with Crippen LogP contribution in [0, 0.1) is 0 Å². The Labute approximate surface area is 162 Å². The van der Waals surface area contributed by atoms with Gasteiger partial charge in [-0.1, -0.05) is 12.1 Å². The maximum atomic E-state index is 6.57. The largest absolute Gasteiger partial charge is 0.497 e. The molecule has 0 radical (unpaired) electrons. The number of hydrogen-bond acceptors (Lipinski definition) is 7. The van der Waals surface area contributed by atoms with Gasteiger partial charge in [0.05, 0.1) is 38.5 Å². The number of ether oxygens (including phenoxy) is 3. The summed E-state index contributed by atoms with van der Waals surface area (Å²) in [5, 5.41) is 0.731. The van der Waals surface area contributed by atoms with Gasteiger partial charge in [0, 0.05) is 6.07 Å². The minimum atomic E-state index is -0.439. The molecule has 1 aliphatic rings. The Balaban J connectivity index is 1.93. The van der Waals surface area contributed by atoms with Crippen LogP contribution < -0.4 is 35.6 Å². The SMILES string of the molecule is COc1ccc(C2N=c3occc3=C(N)N2c2cc(OC)ccc2OC)cc1. The quantitative estimate of drug-likeness (QED) is 0.732. The lowest BCUT2D eigenvalue weighted by atomic mass is 10.1. The summed E-state index contributed by atoms with van der Waals surface area (Å²) in [6.45, 7) is 0. The van der Waals surface area contributed by atoms with Crippen molar-refractivity contribution in [2.24, 2.45) is 10.7 Å². The molecule has 0 spiro atoms. The van der Waals surface area contributed by atoms with Gasteiger partial charge in [-0.15, -0.1) is 0 Å². The number of hydrogen-bond donors (Lipinski definition) is 1. The average molecular weight is 379 g/mol. The Morgan fingerprint density at radius 2 is 1.64 bits per heavy atom. The van der Waals surface area contributed by atoms with Gasteiger partial charge in [-0.25, -0.2) is 4.99 Å². The van der Waals surface area contributed by atoms with E-state index in [0.717, 1.165) is 22.2 Å². The number of furan rings is 1. The second kappa shape index (κ2) is 7.19. The van der Waals surface area contributed by atoms with Crippen LogP contribution in [-0.4, -0.2) is 21.3 Å². The monoisotopic (exact) mass is 379 g/mol. The fourth-order valence-corrected chi connectivity index (χ4v) is 3.27. The van der Waals surface area contributed by atoms with E-state index in [1.165, 1.54) is 0 Å². The fraction of sp³-hybridized carbons (Fsp3) is 0.190. The van der Waals surface area contributed by atoms with Gasteiger partial charge in [-0.05, 0) is 35.9 Å². The standard InChI is InChI=1S/C21H21N3O4/c1-25-14-6-4-13(5-7-14)20-23-21-16(10-11-28-21)19(22)24(20)17-12-15(26-2)8-9-18(17)27-3/h4-12,20H,22H2,1-3H3. The van der Waals surface area contributed by atoms with Crippen molar-refractivity contribution in [3.63, 3.8) is 0 Å². The van der Waals surface area contributed by atoms with Crippen LogP contribution in [0.5, 0.6) is 17.2 Å². The van der Waals surface area contributed by atoms with E-state index in [1.54, 1.807) is 33.7 Å². The minimum absolute atomic E-state index is 0.439. The zero-order valence-electron chi connectivity index (χ0n) is 15.9. The molecule has 0 saturated heterocycles. The van der Waals surface area contributed by atoms with Crippen LogP contribution >= 0.6 is 0 Å². The zero-order chi connectivity index (χ0) is 19.7. The molecule has 7 nitrogen and oxygen atoms in total. The van der Waals surface area contributed by atoms with Gasteiger partial charge in [0.2, 0.25) is 5.55 Å². The molecule has 1 atom stereocenters. The summed E-state index contributed by atoms with van der Waals surface area (Å²) >= 11 is 0. The van der Waals surface area contributed by atoms with E-state index in [1.807, 2.05) is 47.4 Å². The number of nitrogens with zero attached hydrogens (tertiary/aromatic N) is 2. The lowest BCUT2D eigenvalue weighted by Gasteiger charge is -2.33. The van der Waals surface area contributed by atoms with E-state index >= 15 is 0 Å². The number of rotatable bonds is 5. The molecular formula is C21H21N3O4. The molecule has 7 heteroatoms. The van der Waals surface area contributed by atoms with Crippen molar-refractivity contribution in [1.82, 2.24) is 0 Å². The van der Waals surface area contributed by atoms with E-state index < -0.39 is 6.17 Å². The van der Waals surface area contributed by atoms with Gasteiger partial charge in [-0.3, -0.25) is 4.90 Å². The highest BCUT2D eigenvalue weighted by Gasteiger charge is 2.29. The van der Waals surface area contributed by atoms with Gasteiger partial charge < -0.3 is 24.4 Å². The third-order valence-corrected chi connectivity index (χ3v) is 4.72. The smallest absolute Gasteiger partial charge is 0.227 e. The number of benzene rings is 2. The maximum Gasteiger partial charge on any atom is 0.227 e. The molecular weight excluding hydrogens is 358 g/mol. The molecule has 0 aliphatic carbocycles. The van der Waals surface area contributed by atoms with Gasteiger partial charge >= 0.3 is 0 Å². The highest BCUT2D eigenvalue weighted by Crippen LogP contribution is 2.40. The van der Waals surface area contributed by atoms with Crippen LogP contribution in [0.1, 0.15) is 11.7 Å². The molecule has 28 heavy (non-hydrogen) atoms. The number of anilines is 1. The summed E-state index contributed by atoms with van der Waals surface area (Å²) in [5.41, 5.74) is 8.74. The molecule has 2 heterocycles. The molecule has 144 valence electrons. The highest BCUT2D eigenvalue weighted by molar-refractivity contribution is 5.74. The van der Waals surface area contributed by atoms with E-state index in [9.17, 15) is 0 Å². The summed E-state index contributed by atoms with van der Waals surface area (Å²) in [6.07, 6.45) is 1.14. The van der Waals surface area contributed by atoms with Crippen molar-refractivity contribution in [2.45, 2.75) is 6.17 Å². The normalized spacial score (nSPS) is 15.6. The van der Waals surface area contributed by atoms with Crippen LogP contribution in [0.25, 0.3) is 5.82 Å². The van der Waals surface area contributed by atoms with Gasteiger partial charge in [0.15, 0.2) is 6.17 Å². The molecule has 2 N–H and O–H groups in total. The predicted octanol–water partition coefficient (Wildman–Crippen LogP) is 2.17. The second-order valence-electron chi connectivity index (χ2n) is 6.21. The van der Waals surface area contributed by atoms with Crippen molar-refractivity contribution >= 4 is 11.5 Å². The first-order valence-electron chi connectivity index (χ1n) is 8.72. The van der Waals surface area contributed by atoms with Crippen molar-refractivity contribution in [3.05, 3.63) is 71.1 Å². The summed E-state index contributed by atoms with van der Waals surface area (Å²) in [4.78, 5) is 6.71. The Bertz CT molecular complexity index is 1110. The third kappa shape index (κ3) is 2.90. The third-order valence-electron chi connectivity index (χ3n) is 4.72. The van der Waals surface area contributed by atoms with Crippen molar-refractivity contribution in [1.29, 1.82) is 0 Å². The molecule has 1 aliphatic heterocycles. The van der Waals surface area contributed by atoms with Crippen molar-refractivity contribution in [2.75, 3.05) is 26.2 Å².